The summed E-state index contributed by atoms with van der Waals surface area (Å²) in [5.74, 6) is 2.47. The fourth-order valence-corrected chi connectivity index (χ4v) is 2.50. The molecule has 0 saturated carbocycles. The van der Waals surface area contributed by atoms with Crippen LogP contribution in [0.3, 0.4) is 0 Å². The molecule has 4 heterocycles. The number of anilines is 2. The molecule has 0 atom stereocenters. The highest BCUT2D eigenvalue weighted by atomic mass is 16.8. The predicted octanol–water partition coefficient (Wildman–Crippen LogP) is 1.22. The SMILES string of the molecule is N=c1c(=N)n(Cc2ccco2)c2c(n1Cc1ccco1)NON2. The van der Waals surface area contributed by atoms with E-state index in [1.54, 1.807) is 33.8 Å². The molecule has 0 spiro atoms. The molecular weight excluding hydrogens is 300 g/mol. The molecule has 0 unspecified atom stereocenters. The number of hydrogen-bond donors (Lipinski definition) is 4. The summed E-state index contributed by atoms with van der Waals surface area (Å²) >= 11 is 0. The molecule has 0 bridgehead atoms. The summed E-state index contributed by atoms with van der Waals surface area (Å²) in [5, 5.41) is 16.6. The van der Waals surface area contributed by atoms with Gasteiger partial charge in [0, 0.05) is 0 Å². The smallest absolute Gasteiger partial charge is 0.178 e. The Hall–Kier alpha value is -3.20. The largest absolute Gasteiger partial charge is 0.467 e. The molecule has 0 saturated heterocycles. The molecule has 0 radical (unpaired) electrons. The molecule has 9 heteroatoms. The van der Waals surface area contributed by atoms with Gasteiger partial charge in [0.25, 0.3) is 0 Å². The van der Waals surface area contributed by atoms with E-state index >= 15 is 0 Å². The van der Waals surface area contributed by atoms with Gasteiger partial charge in [0.2, 0.25) is 0 Å². The third kappa shape index (κ3) is 2.23. The van der Waals surface area contributed by atoms with E-state index in [0.717, 1.165) is 0 Å². The fraction of sp³-hybridized carbons (Fsp3) is 0.143. The lowest BCUT2D eigenvalue weighted by Gasteiger charge is -2.15. The summed E-state index contributed by atoms with van der Waals surface area (Å²) in [5.41, 5.74) is 5.52. The second-order valence-corrected chi connectivity index (χ2v) is 5.03. The second-order valence-electron chi connectivity index (χ2n) is 5.03. The first-order valence-corrected chi connectivity index (χ1v) is 6.93. The molecule has 0 aliphatic carbocycles. The zero-order valence-electron chi connectivity index (χ0n) is 12.0. The predicted molar refractivity (Wildman–Crippen MR) is 78.1 cm³/mol. The summed E-state index contributed by atoms with van der Waals surface area (Å²) in [6, 6.07) is 7.19. The third-order valence-corrected chi connectivity index (χ3v) is 3.61. The van der Waals surface area contributed by atoms with Gasteiger partial charge in [-0.2, -0.15) is 4.94 Å². The summed E-state index contributed by atoms with van der Waals surface area (Å²) in [6.07, 6.45) is 3.15. The van der Waals surface area contributed by atoms with Crippen LogP contribution in [-0.2, 0) is 18.0 Å². The highest BCUT2D eigenvalue weighted by Gasteiger charge is 2.22. The van der Waals surface area contributed by atoms with Crippen molar-refractivity contribution in [1.29, 1.82) is 10.8 Å². The van der Waals surface area contributed by atoms with E-state index in [-0.39, 0.29) is 11.0 Å². The molecule has 118 valence electrons. The van der Waals surface area contributed by atoms with Crippen LogP contribution < -0.4 is 21.9 Å². The van der Waals surface area contributed by atoms with Gasteiger partial charge >= 0.3 is 0 Å². The van der Waals surface area contributed by atoms with Gasteiger partial charge in [-0.15, -0.1) is 0 Å². The molecule has 1 aliphatic heterocycles. The minimum absolute atomic E-state index is 0.0338. The van der Waals surface area contributed by atoms with E-state index in [1.165, 1.54) is 0 Å². The first kappa shape index (κ1) is 13.5. The lowest BCUT2D eigenvalue weighted by Crippen LogP contribution is -2.42. The van der Waals surface area contributed by atoms with Gasteiger partial charge in [0.05, 0.1) is 25.6 Å². The summed E-state index contributed by atoms with van der Waals surface area (Å²) in [6.45, 7) is 0.638. The van der Waals surface area contributed by atoms with Gasteiger partial charge in [-0.05, 0) is 24.3 Å². The van der Waals surface area contributed by atoms with Crippen LogP contribution >= 0.6 is 0 Å². The van der Waals surface area contributed by atoms with E-state index in [0.29, 0.717) is 36.2 Å². The summed E-state index contributed by atoms with van der Waals surface area (Å²) in [4.78, 5) is 5.08. The van der Waals surface area contributed by atoms with Crippen molar-refractivity contribution in [3.8, 4) is 0 Å². The topological polar surface area (TPSA) is 117 Å². The number of hydrogen-bond acceptors (Lipinski definition) is 7. The Labute approximate surface area is 129 Å². The van der Waals surface area contributed by atoms with Crippen molar-refractivity contribution in [2.75, 3.05) is 11.0 Å². The van der Waals surface area contributed by atoms with Gasteiger partial charge in [0.1, 0.15) is 11.5 Å². The van der Waals surface area contributed by atoms with Crippen LogP contribution in [0.25, 0.3) is 0 Å². The van der Waals surface area contributed by atoms with Crippen LogP contribution in [0.1, 0.15) is 11.5 Å². The van der Waals surface area contributed by atoms with E-state index < -0.39 is 0 Å². The van der Waals surface area contributed by atoms with Crippen LogP contribution in [0.15, 0.2) is 45.6 Å². The number of fused-ring (bicyclic) bond motifs is 1. The van der Waals surface area contributed by atoms with Crippen molar-refractivity contribution in [2.45, 2.75) is 13.1 Å². The van der Waals surface area contributed by atoms with E-state index in [1.807, 2.05) is 12.1 Å². The van der Waals surface area contributed by atoms with Crippen molar-refractivity contribution in [3.63, 3.8) is 0 Å². The Bertz CT molecular complexity index is 859. The molecule has 0 amide bonds. The highest BCUT2D eigenvalue weighted by molar-refractivity contribution is 5.61. The Morgan fingerprint density at radius 3 is 1.70 bits per heavy atom. The minimum atomic E-state index is 0.0338. The number of rotatable bonds is 4. The monoisotopic (exact) mass is 314 g/mol. The zero-order valence-corrected chi connectivity index (χ0v) is 12.0. The van der Waals surface area contributed by atoms with Crippen molar-refractivity contribution < 1.29 is 13.8 Å². The molecule has 23 heavy (non-hydrogen) atoms. The van der Waals surface area contributed by atoms with Crippen LogP contribution in [-0.4, -0.2) is 9.13 Å². The van der Waals surface area contributed by atoms with Gasteiger partial charge in [-0.1, -0.05) is 0 Å². The quantitative estimate of drug-likeness (QED) is 0.577. The van der Waals surface area contributed by atoms with Gasteiger partial charge in [-0.25, -0.2) is 11.0 Å². The Balaban J connectivity index is 1.84. The molecule has 0 fully saturated rings. The first-order chi connectivity index (χ1) is 11.2. The maximum Gasteiger partial charge on any atom is 0.178 e. The average molecular weight is 314 g/mol. The lowest BCUT2D eigenvalue weighted by molar-refractivity contribution is 0.277. The average Bonchev–Trinajstić information content (AvgIpc) is 3.30. The van der Waals surface area contributed by atoms with Crippen molar-refractivity contribution >= 4 is 11.6 Å². The number of furan rings is 2. The van der Waals surface area contributed by atoms with Crippen molar-refractivity contribution in [3.05, 3.63) is 59.3 Å². The zero-order chi connectivity index (χ0) is 15.8. The number of nitrogens with zero attached hydrogens (tertiary/aromatic N) is 2. The molecular formula is C14H14N6O3. The van der Waals surface area contributed by atoms with Crippen LogP contribution in [0.5, 0.6) is 0 Å². The molecule has 3 aromatic heterocycles. The molecule has 9 nitrogen and oxygen atoms in total. The summed E-state index contributed by atoms with van der Waals surface area (Å²) < 4.78 is 13.9. The third-order valence-electron chi connectivity index (χ3n) is 3.61. The van der Waals surface area contributed by atoms with Gasteiger partial charge in [0.15, 0.2) is 22.6 Å². The molecule has 1 aliphatic rings. The van der Waals surface area contributed by atoms with Crippen LogP contribution in [0.2, 0.25) is 0 Å². The normalized spacial score (nSPS) is 12.7. The van der Waals surface area contributed by atoms with Crippen molar-refractivity contribution in [2.24, 2.45) is 0 Å². The Morgan fingerprint density at radius 1 is 0.826 bits per heavy atom. The molecule has 3 aromatic rings. The highest BCUT2D eigenvalue weighted by Crippen LogP contribution is 2.25. The van der Waals surface area contributed by atoms with E-state index in [2.05, 4.69) is 11.0 Å². The summed E-state index contributed by atoms with van der Waals surface area (Å²) in [7, 11) is 0. The second kappa shape index (κ2) is 5.21. The van der Waals surface area contributed by atoms with Gasteiger partial charge in [-0.3, -0.25) is 20.0 Å². The van der Waals surface area contributed by atoms with Crippen LogP contribution in [0.4, 0.5) is 11.6 Å². The maximum atomic E-state index is 8.30. The Morgan fingerprint density at radius 2 is 1.30 bits per heavy atom. The number of nitrogens with one attached hydrogen (secondary N) is 4. The molecule has 4 rings (SSSR count). The number of aromatic nitrogens is 2. The molecule has 4 N–H and O–H groups in total. The first-order valence-electron chi connectivity index (χ1n) is 6.93. The molecule has 0 aromatic carbocycles. The van der Waals surface area contributed by atoms with Crippen molar-refractivity contribution in [1.82, 2.24) is 9.13 Å². The fourth-order valence-electron chi connectivity index (χ4n) is 2.50. The van der Waals surface area contributed by atoms with E-state index in [4.69, 9.17) is 24.6 Å². The Kier molecular flexibility index (Phi) is 3.05. The van der Waals surface area contributed by atoms with Crippen LogP contribution in [0, 0.1) is 10.8 Å². The van der Waals surface area contributed by atoms with Gasteiger partial charge < -0.3 is 8.83 Å². The lowest BCUT2D eigenvalue weighted by atomic mass is 10.4. The minimum Gasteiger partial charge on any atom is -0.467 e. The standard InChI is InChI=1S/C14H14N6O3/c15-11-12(16)20(8-10-4-2-6-22-10)14-13(17-23-18-14)19(11)7-9-3-1-5-21-9/h1-6,15-18H,7-8H2. The van der Waals surface area contributed by atoms with E-state index in [9.17, 15) is 0 Å². The maximum absolute atomic E-state index is 8.30.